The zero-order valence-electron chi connectivity index (χ0n) is 15.6. The first-order valence-electron chi connectivity index (χ1n) is 9.09. The standard InChI is InChI=1S/C21H26N2O3.ClH/c1-22-18-8-5-13-23(14-18)21(24)16-26-20-11-9-19(10-12-20)25-15-17-6-3-2-4-7-17;/h2-4,6-7,9-12,18,22H,5,8,13-16H2,1H3;1H. The maximum absolute atomic E-state index is 12.3. The van der Waals surface area contributed by atoms with Gasteiger partial charge in [-0.15, -0.1) is 12.4 Å². The molecule has 0 radical (unpaired) electrons. The highest BCUT2D eigenvalue weighted by Gasteiger charge is 2.22. The van der Waals surface area contributed by atoms with Crippen LogP contribution in [-0.4, -0.2) is 43.6 Å². The number of likely N-dealkylation sites (N-methyl/N-ethyl adjacent to an activating group) is 1. The van der Waals surface area contributed by atoms with Gasteiger partial charge >= 0.3 is 0 Å². The highest BCUT2D eigenvalue weighted by molar-refractivity contribution is 5.85. The summed E-state index contributed by atoms with van der Waals surface area (Å²) in [7, 11) is 1.94. The fourth-order valence-corrected chi connectivity index (χ4v) is 3.05. The summed E-state index contributed by atoms with van der Waals surface area (Å²) in [5.74, 6) is 1.49. The van der Waals surface area contributed by atoms with Crippen LogP contribution < -0.4 is 14.8 Å². The zero-order valence-corrected chi connectivity index (χ0v) is 16.4. The van der Waals surface area contributed by atoms with Crippen LogP contribution in [0.25, 0.3) is 0 Å². The summed E-state index contributed by atoms with van der Waals surface area (Å²) in [6.07, 6.45) is 2.15. The number of likely N-dealkylation sites (tertiary alicyclic amines) is 1. The molecule has 1 unspecified atom stereocenters. The Morgan fingerprint density at radius 3 is 2.41 bits per heavy atom. The van der Waals surface area contributed by atoms with Crippen molar-refractivity contribution in [3.8, 4) is 11.5 Å². The van der Waals surface area contributed by atoms with Crippen molar-refractivity contribution in [2.24, 2.45) is 0 Å². The number of hydrogen-bond donors (Lipinski definition) is 1. The van der Waals surface area contributed by atoms with E-state index in [0.717, 1.165) is 37.2 Å². The molecule has 1 N–H and O–H groups in total. The minimum absolute atomic E-state index is 0. The van der Waals surface area contributed by atoms with Crippen molar-refractivity contribution in [3.05, 3.63) is 60.2 Å². The van der Waals surface area contributed by atoms with E-state index in [4.69, 9.17) is 9.47 Å². The molecular formula is C21H27ClN2O3. The maximum Gasteiger partial charge on any atom is 0.260 e. The summed E-state index contributed by atoms with van der Waals surface area (Å²) in [6, 6.07) is 17.8. The predicted molar refractivity (Wildman–Crippen MR) is 109 cm³/mol. The molecule has 1 amide bonds. The maximum atomic E-state index is 12.3. The molecule has 1 saturated heterocycles. The molecular weight excluding hydrogens is 364 g/mol. The molecule has 146 valence electrons. The minimum Gasteiger partial charge on any atom is -0.489 e. The Morgan fingerprint density at radius 2 is 1.74 bits per heavy atom. The number of carbonyl (C=O) groups excluding carboxylic acids is 1. The van der Waals surface area contributed by atoms with E-state index < -0.39 is 0 Å². The second kappa shape index (κ2) is 10.8. The molecule has 5 nitrogen and oxygen atoms in total. The highest BCUT2D eigenvalue weighted by atomic mass is 35.5. The molecule has 27 heavy (non-hydrogen) atoms. The van der Waals surface area contributed by atoms with Crippen LogP contribution >= 0.6 is 12.4 Å². The van der Waals surface area contributed by atoms with Crippen LogP contribution in [0.15, 0.2) is 54.6 Å². The summed E-state index contributed by atoms with van der Waals surface area (Å²) >= 11 is 0. The molecule has 0 bridgehead atoms. The Bertz CT molecular complexity index is 694. The van der Waals surface area contributed by atoms with Gasteiger partial charge in [0.2, 0.25) is 0 Å². The summed E-state index contributed by atoms with van der Waals surface area (Å²) in [6.45, 7) is 2.17. The Hall–Kier alpha value is -2.24. The van der Waals surface area contributed by atoms with Crippen LogP contribution in [0.3, 0.4) is 0 Å². The van der Waals surface area contributed by atoms with Crippen molar-refractivity contribution >= 4 is 18.3 Å². The van der Waals surface area contributed by atoms with Gasteiger partial charge in [-0.1, -0.05) is 30.3 Å². The number of carbonyl (C=O) groups is 1. The monoisotopic (exact) mass is 390 g/mol. The molecule has 1 aliphatic heterocycles. The van der Waals surface area contributed by atoms with Gasteiger partial charge in [0.05, 0.1) is 0 Å². The Balaban J connectivity index is 0.00000261. The largest absolute Gasteiger partial charge is 0.489 e. The third-order valence-electron chi connectivity index (χ3n) is 4.62. The molecule has 1 fully saturated rings. The quantitative estimate of drug-likeness (QED) is 0.788. The molecule has 0 aliphatic carbocycles. The molecule has 6 heteroatoms. The van der Waals surface area contributed by atoms with E-state index in [9.17, 15) is 4.79 Å². The predicted octanol–water partition coefficient (Wildman–Crippen LogP) is 3.28. The summed E-state index contributed by atoms with van der Waals surface area (Å²) in [5.41, 5.74) is 1.12. The molecule has 0 spiro atoms. The van der Waals surface area contributed by atoms with Gasteiger partial charge in [-0.2, -0.15) is 0 Å². The van der Waals surface area contributed by atoms with Gasteiger partial charge in [-0.05, 0) is 49.7 Å². The van der Waals surface area contributed by atoms with Crippen molar-refractivity contribution in [1.82, 2.24) is 10.2 Å². The molecule has 1 aliphatic rings. The van der Waals surface area contributed by atoms with Crippen molar-refractivity contribution < 1.29 is 14.3 Å². The summed E-state index contributed by atoms with van der Waals surface area (Å²) in [4.78, 5) is 14.2. The Morgan fingerprint density at radius 1 is 1.07 bits per heavy atom. The van der Waals surface area contributed by atoms with Gasteiger partial charge in [-0.25, -0.2) is 0 Å². The van der Waals surface area contributed by atoms with Crippen molar-refractivity contribution in [1.29, 1.82) is 0 Å². The summed E-state index contributed by atoms with van der Waals surface area (Å²) < 4.78 is 11.4. The number of ether oxygens (including phenoxy) is 2. The van der Waals surface area contributed by atoms with Gasteiger partial charge in [0.15, 0.2) is 6.61 Å². The minimum atomic E-state index is 0. The number of amides is 1. The topological polar surface area (TPSA) is 50.8 Å². The molecule has 3 rings (SSSR count). The number of halogens is 1. The third-order valence-corrected chi connectivity index (χ3v) is 4.62. The van der Waals surface area contributed by atoms with Crippen molar-refractivity contribution in [3.63, 3.8) is 0 Å². The van der Waals surface area contributed by atoms with Crippen LogP contribution in [0.4, 0.5) is 0 Å². The fourth-order valence-electron chi connectivity index (χ4n) is 3.05. The van der Waals surface area contributed by atoms with E-state index in [-0.39, 0.29) is 24.9 Å². The number of rotatable bonds is 7. The Kier molecular flexibility index (Phi) is 8.43. The van der Waals surface area contributed by atoms with Crippen LogP contribution in [0.5, 0.6) is 11.5 Å². The number of piperidine rings is 1. The third kappa shape index (κ3) is 6.45. The van der Waals surface area contributed by atoms with Crippen molar-refractivity contribution in [2.45, 2.75) is 25.5 Å². The molecule has 2 aromatic carbocycles. The van der Waals surface area contributed by atoms with Gasteiger partial charge in [0.25, 0.3) is 5.91 Å². The van der Waals surface area contributed by atoms with Crippen LogP contribution in [0, 0.1) is 0 Å². The van der Waals surface area contributed by atoms with E-state index in [1.807, 2.05) is 66.5 Å². The normalized spacial score (nSPS) is 16.3. The number of hydrogen-bond acceptors (Lipinski definition) is 4. The first-order valence-corrected chi connectivity index (χ1v) is 9.09. The van der Waals surface area contributed by atoms with Gasteiger partial charge < -0.3 is 19.7 Å². The first-order chi connectivity index (χ1) is 12.7. The van der Waals surface area contributed by atoms with Gasteiger partial charge in [0, 0.05) is 19.1 Å². The van der Waals surface area contributed by atoms with Gasteiger partial charge in [0.1, 0.15) is 18.1 Å². The summed E-state index contributed by atoms with van der Waals surface area (Å²) in [5, 5.41) is 3.24. The van der Waals surface area contributed by atoms with Gasteiger partial charge in [-0.3, -0.25) is 4.79 Å². The second-order valence-corrected chi connectivity index (χ2v) is 6.50. The lowest BCUT2D eigenvalue weighted by atomic mass is 10.1. The lowest BCUT2D eigenvalue weighted by Crippen LogP contribution is -2.48. The molecule has 0 saturated carbocycles. The first kappa shape index (κ1) is 21.1. The van der Waals surface area contributed by atoms with E-state index >= 15 is 0 Å². The van der Waals surface area contributed by atoms with E-state index in [0.29, 0.717) is 18.4 Å². The van der Waals surface area contributed by atoms with E-state index in [2.05, 4.69) is 5.32 Å². The highest BCUT2D eigenvalue weighted by Crippen LogP contribution is 2.19. The molecule has 0 aromatic heterocycles. The fraction of sp³-hybridized carbons (Fsp3) is 0.381. The zero-order chi connectivity index (χ0) is 18.2. The Labute approximate surface area is 167 Å². The average Bonchev–Trinajstić information content (AvgIpc) is 2.72. The lowest BCUT2D eigenvalue weighted by molar-refractivity contribution is -0.134. The van der Waals surface area contributed by atoms with Crippen LogP contribution in [0.2, 0.25) is 0 Å². The number of nitrogens with zero attached hydrogens (tertiary/aromatic N) is 1. The average molecular weight is 391 g/mol. The molecule has 2 aromatic rings. The number of benzene rings is 2. The smallest absolute Gasteiger partial charge is 0.260 e. The number of nitrogens with one attached hydrogen (secondary N) is 1. The molecule has 1 atom stereocenters. The second-order valence-electron chi connectivity index (χ2n) is 6.50. The SMILES string of the molecule is CNC1CCCN(C(=O)COc2ccc(OCc3ccccc3)cc2)C1.Cl. The molecule has 1 heterocycles. The van der Waals surface area contributed by atoms with E-state index in [1.165, 1.54) is 0 Å². The van der Waals surface area contributed by atoms with Crippen molar-refractivity contribution in [2.75, 3.05) is 26.7 Å². The lowest BCUT2D eigenvalue weighted by Gasteiger charge is -2.32. The van der Waals surface area contributed by atoms with Crippen LogP contribution in [0.1, 0.15) is 18.4 Å². The van der Waals surface area contributed by atoms with Crippen LogP contribution in [-0.2, 0) is 11.4 Å². The van der Waals surface area contributed by atoms with E-state index in [1.54, 1.807) is 0 Å².